The quantitative estimate of drug-likeness (QED) is 0.267. The highest BCUT2D eigenvalue weighted by Gasteiger charge is 2.20. The second-order valence-electron chi connectivity index (χ2n) is 9.83. The minimum Gasteiger partial charge on any atom is -0.341 e. The van der Waals surface area contributed by atoms with Crippen molar-refractivity contribution in [1.29, 1.82) is 0 Å². The fourth-order valence-electron chi connectivity index (χ4n) is 5.44. The molecule has 7 rings (SSSR count). The molecule has 3 aromatic carbocycles. The van der Waals surface area contributed by atoms with E-state index >= 15 is 0 Å². The highest BCUT2D eigenvalue weighted by Crippen LogP contribution is 2.29. The van der Waals surface area contributed by atoms with Crippen LogP contribution in [0.25, 0.3) is 33.1 Å². The van der Waals surface area contributed by atoms with Crippen molar-refractivity contribution >= 4 is 21.8 Å². The van der Waals surface area contributed by atoms with Gasteiger partial charge in [-0.25, -0.2) is 9.97 Å². The van der Waals surface area contributed by atoms with E-state index in [1.807, 2.05) is 6.20 Å². The standard InChI is InChI=1S/C30H28N6/c1-3-25(31-15-1)29-33-18-27(35-29)21-10-7-19(8-11-21)5-6-20-9-13-23-22(17-20)12-14-24-28(23)36-30(34-24)26-4-2-16-32-26/h7-14,17-18,25-26,31-32H,1-4,15-16H2,(H,33,35)(H,34,36)/t25-,26-/m0/s1. The summed E-state index contributed by atoms with van der Waals surface area (Å²) in [6.07, 6.45) is 6.61. The van der Waals surface area contributed by atoms with Crippen LogP contribution in [0.5, 0.6) is 0 Å². The van der Waals surface area contributed by atoms with Crippen molar-refractivity contribution in [3.05, 3.63) is 83.6 Å². The van der Waals surface area contributed by atoms with Gasteiger partial charge in [0.2, 0.25) is 0 Å². The molecule has 5 aromatic rings. The number of aromatic nitrogens is 4. The van der Waals surface area contributed by atoms with Gasteiger partial charge < -0.3 is 20.6 Å². The van der Waals surface area contributed by atoms with Crippen LogP contribution < -0.4 is 10.6 Å². The van der Waals surface area contributed by atoms with E-state index in [1.54, 1.807) is 0 Å². The second kappa shape index (κ2) is 8.94. The lowest BCUT2D eigenvalue weighted by atomic mass is 10.1. The van der Waals surface area contributed by atoms with Gasteiger partial charge >= 0.3 is 0 Å². The molecular formula is C30H28N6. The van der Waals surface area contributed by atoms with Crippen LogP contribution in [0.15, 0.2) is 60.8 Å². The normalized spacial score (nSPS) is 19.7. The maximum absolute atomic E-state index is 4.94. The van der Waals surface area contributed by atoms with Gasteiger partial charge in [0, 0.05) is 16.5 Å². The summed E-state index contributed by atoms with van der Waals surface area (Å²) in [7, 11) is 0. The summed E-state index contributed by atoms with van der Waals surface area (Å²) in [6, 6.07) is 19.7. The van der Waals surface area contributed by atoms with Gasteiger partial charge in [0.15, 0.2) is 0 Å². The third kappa shape index (κ3) is 3.97. The molecule has 4 heterocycles. The molecule has 2 saturated heterocycles. The zero-order valence-electron chi connectivity index (χ0n) is 20.1. The number of rotatable bonds is 3. The van der Waals surface area contributed by atoms with Crippen LogP contribution in [0, 0.1) is 11.8 Å². The van der Waals surface area contributed by atoms with Gasteiger partial charge in [0.25, 0.3) is 0 Å². The van der Waals surface area contributed by atoms with Crippen molar-refractivity contribution in [2.24, 2.45) is 0 Å². The molecule has 0 radical (unpaired) electrons. The number of hydrogen-bond donors (Lipinski definition) is 4. The van der Waals surface area contributed by atoms with Crippen LogP contribution >= 0.6 is 0 Å². The Kier molecular flexibility index (Phi) is 5.31. The predicted octanol–water partition coefficient (Wildman–Crippen LogP) is 5.36. The minimum atomic E-state index is 0.337. The smallest absolute Gasteiger partial charge is 0.124 e. The second-order valence-corrected chi connectivity index (χ2v) is 9.83. The third-order valence-electron chi connectivity index (χ3n) is 7.41. The van der Waals surface area contributed by atoms with E-state index in [0.29, 0.717) is 12.1 Å². The molecule has 4 N–H and O–H groups in total. The molecule has 0 unspecified atom stereocenters. The lowest BCUT2D eigenvalue weighted by Crippen LogP contribution is -2.14. The number of aromatic amines is 2. The van der Waals surface area contributed by atoms with E-state index in [4.69, 9.17) is 4.98 Å². The molecule has 6 heteroatoms. The number of hydrogen-bond acceptors (Lipinski definition) is 4. The van der Waals surface area contributed by atoms with Crippen molar-refractivity contribution in [1.82, 2.24) is 30.6 Å². The van der Waals surface area contributed by atoms with Gasteiger partial charge in [-0.2, -0.15) is 0 Å². The van der Waals surface area contributed by atoms with Gasteiger partial charge in [-0.1, -0.05) is 36.1 Å². The molecule has 0 aliphatic carbocycles. The summed E-state index contributed by atoms with van der Waals surface area (Å²) in [5.41, 5.74) is 6.29. The van der Waals surface area contributed by atoms with Gasteiger partial charge in [0.05, 0.1) is 35.0 Å². The van der Waals surface area contributed by atoms with E-state index in [1.165, 1.54) is 12.8 Å². The minimum absolute atomic E-state index is 0.337. The lowest BCUT2D eigenvalue weighted by Gasteiger charge is -2.05. The molecule has 2 fully saturated rings. The summed E-state index contributed by atoms with van der Waals surface area (Å²) in [5.74, 6) is 8.73. The molecule has 6 nitrogen and oxygen atoms in total. The number of nitrogens with zero attached hydrogens (tertiary/aromatic N) is 2. The third-order valence-corrected chi connectivity index (χ3v) is 7.41. The molecule has 2 atom stereocenters. The predicted molar refractivity (Wildman–Crippen MR) is 144 cm³/mol. The van der Waals surface area contributed by atoms with Crippen molar-refractivity contribution < 1.29 is 0 Å². The molecule has 2 aliphatic rings. The Balaban J connectivity index is 1.11. The summed E-state index contributed by atoms with van der Waals surface area (Å²) >= 11 is 0. The zero-order chi connectivity index (χ0) is 23.9. The summed E-state index contributed by atoms with van der Waals surface area (Å²) < 4.78 is 0. The summed E-state index contributed by atoms with van der Waals surface area (Å²) in [6.45, 7) is 2.13. The molecule has 0 bridgehead atoms. The van der Waals surface area contributed by atoms with Gasteiger partial charge in [-0.05, 0) is 80.1 Å². The van der Waals surface area contributed by atoms with Gasteiger partial charge in [-0.3, -0.25) is 0 Å². The summed E-state index contributed by atoms with van der Waals surface area (Å²) in [5, 5.41) is 9.34. The average Bonchev–Trinajstić information content (AvgIpc) is 3.73. The van der Waals surface area contributed by atoms with Crippen molar-refractivity contribution in [3.8, 4) is 23.1 Å². The lowest BCUT2D eigenvalue weighted by molar-refractivity contribution is 0.613. The number of benzene rings is 3. The van der Waals surface area contributed by atoms with Crippen LogP contribution in [0.1, 0.15) is 60.5 Å². The first-order valence-electron chi connectivity index (χ1n) is 12.9. The molecule has 178 valence electrons. The number of imidazole rings is 2. The SMILES string of the molecule is C(#Cc1ccc2c(ccc3[nH]c([C@@H]4CCCN4)nc32)c1)c1ccc(-c2cnc([C@@H]3CCCN3)[nH]2)cc1. The topological polar surface area (TPSA) is 81.4 Å². The number of fused-ring (bicyclic) bond motifs is 3. The first-order chi connectivity index (χ1) is 17.8. The fourth-order valence-corrected chi connectivity index (χ4v) is 5.44. The Morgan fingerprint density at radius 3 is 2.28 bits per heavy atom. The first kappa shape index (κ1) is 21.4. The average molecular weight is 473 g/mol. The fraction of sp³-hybridized carbons (Fsp3) is 0.267. The monoisotopic (exact) mass is 472 g/mol. The molecule has 0 spiro atoms. The van der Waals surface area contributed by atoms with E-state index < -0.39 is 0 Å². The Morgan fingerprint density at radius 1 is 0.750 bits per heavy atom. The maximum Gasteiger partial charge on any atom is 0.124 e. The van der Waals surface area contributed by atoms with Crippen LogP contribution in [-0.2, 0) is 0 Å². The maximum atomic E-state index is 4.94. The van der Waals surface area contributed by atoms with Crippen molar-refractivity contribution in [3.63, 3.8) is 0 Å². The van der Waals surface area contributed by atoms with Crippen molar-refractivity contribution in [2.75, 3.05) is 13.1 Å². The highest BCUT2D eigenvalue weighted by atomic mass is 15.0. The number of H-pyrrole nitrogens is 2. The summed E-state index contributed by atoms with van der Waals surface area (Å²) in [4.78, 5) is 16.5. The Labute approximate surface area is 210 Å². The Bertz CT molecular complexity index is 1600. The highest BCUT2D eigenvalue weighted by molar-refractivity contribution is 6.04. The molecule has 2 aromatic heterocycles. The van der Waals surface area contributed by atoms with E-state index in [9.17, 15) is 0 Å². The van der Waals surface area contributed by atoms with Gasteiger partial charge in [0.1, 0.15) is 11.6 Å². The first-order valence-corrected chi connectivity index (χ1v) is 12.9. The molecule has 2 aliphatic heterocycles. The van der Waals surface area contributed by atoms with Crippen LogP contribution in [0.4, 0.5) is 0 Å². The zero-order valence-corrected chi connectivity index (χ0v) is 20.1. The largest absolute Gasteiger partial charge is 0.341 e. The van der Waals surface area contributed by atoms with Crippen LogP contribution in [0.3, 0.4) is 0 Å². The number of nitrogens with one attached hydrogen (secondary N) is 4. The molecular weight excluding hydrogens is 444 g/mol. The molecule has 0 amide bonds. The van der Waals surface area contributed by atoms with Gasteiger partial charge in [-0.15, -0.1) is 0 Å². The van der Waals surface area contributed by atoms with E-state index in [0.717, 1.165) is 81.8 Å². The van der Waals surface area contributed by atoms with Crippen LogP contribution in [-0.4, -0.2) is 33.0 Å². The van der Waals surface area contributed by atoms with E-state index in [-0.39, 0.29) is 0 Å². The molecule has 0 saturated carbocycles. The Morgan fingerprint density at radius 2 is 1.50 bits per heavy atom. The molecule has 36 heavy (non-hydrogen) atoms. The van der Waals surface area contributed by atoms with Crippen molar-refractivity contribution in [2.45, 2.75) is 37.8 Å². The van der Waals surface area contributed by atoms with E-state index in [2.05, 4.69) is 92.0 Å². The van der Waals surface area contributed by atoms with Crippen LogP contribution in [0.2, 0.25) is 0 Å². The Hall–Kier alpha value is -3.92.